The largest absolute Gasteiger partial charge is 0.494 e. The molecule has 3 N–H and O–H groups in total. The molecule has 2 aromatic rings. The Bertz CT molecular complexity index is 1530. The summed E-state index contributed by atoms with van der Waals surface area (Å²) in [7, 11) is 0. The van der Waals surface area contributed by atoms with Crippen LogP contribution in [0.25, 0.3) is 0 Å². The van der Waals surface area contributed by atoms with Crippen LogP contribution >= 0.6 is 0 Å². The molecule has 2 rings (SSSR count). The number of ether oxygens (including phenoxy) is 3. The van der Waals surface area contributed by atoms with Gasteiger partial charge < -0.3 is 34.1 Å². The highest BCUT2D eigenvalue weighted by Gasteiger charge is 2.38. The molecule has 0 saturated heterocycles. The van der Waals surface area contributed by atoms with Crippen molar-refractivity contribution in [1.82, 2.24) is 19.8 Å². The van der Waals surface area contributed by atoms with E-state index in [0.717, 1.165) is 24.8 Å². The number of imidazole rings is 1. The van der Waals surface area contributed by atoms with Crippen molar-refractivity contribution in [3.63, 3.8) is 0 Å². The van der Waals surface area contributed by atoms with E-state index in [1.54, 1.807) is 85.1 Å². The number of nitrogens with one attached hydrogen (secondary N) is 3. The fourth-order valence-corrected chi connectivity index (χ4v) is 4.35. The van der Waals surface area contributed by atoms with E-state index in [2.05, 4.69) is 20.6 Å². The molecule has 13 nitrogen and oxygen atoms in total. The second kappa shape index (κ2) is 18.9. The number of nitrogens with zero attached hydrogens (tertiary/aromatic N) is 4. The van der Waals surface area contributed by atoms with Gasteiger partial charge in [-0.3, -0.25) is 10.1 Å². The van der Waals surface area contributed by atoms with Crippen LogP contribution in [0.15, 0.2) is 46.6 Å². The van der Waals surface area contributed by atoms with Crippen molar-refractivity contribution in [2.45, 2.75) is 117 Å². The highest BCUT2D eigenvalue weighted by molar-refractivity contribution is 5.99. The van der Waals surface area contributed by atoms with Crippen molar-refractivity contribution in [3.8, 4) is 5.75 Å². The maximum atomic E-state index is 13.1. The Morgan fingerprint density at radius 1 is 0.820 bits per heavy atom. The first-order valence-corrected chi connectivity index (χ1v) is 16.5. The van der Waals surface area contributed by atoms with Crippen LogP contribution in [-0.4, -0.2) is 69.4 Å². The smallest absolute Gasteiger partial charge is 0.473 e. The number of carbonyl (C=O) groups excluding carboxylic acids is 3. The van der Waals surface area contributed by atoms with E-state index < -0.39 is 35.5 Å². The molecule has 1 heterocycles. The number of alkyl carbamates (subject to hydrolysis) is 1. The minimum absolute atomic E-state index is 0.0865. The lowest BCUT2D eigenvalue weighted by Crippen LogP contribution is -2.44. The summed E-state index contributed by atoms with van der Waals surface area (Å²) in [5, 5.41) is 13.0. The first-order valence-electron chi connectivity index (χ1n) is 16.5. The van der Waals surface area contributed by atoms with Gasteiger partial charge in [-0.05, 0) is 97.6 Å². The molecule has 1 aromatic heterocycles. The zero-order valence-electron chi connectivity index (χ0n) is 29.9. The summed E-state index contributed by atoms with van der Waals surface area (Å²) < 4.78 is 58.4. The molecule has 0 aliphatic rings. The van der Waals surface area contributed by atoms with Gasteiger partial charge >= 0.3 is 24.3 Å². The third-order valence-electron chi connectivity index (χ3n) is 6.57. The van der Waals surface area contributed by atoms with Gasteiger partial charge in [-0.25, -0.2) is 9.59 Å². The van der Waals surface area contributed by atoms with E-state index in [-0.39, 0.29) is 24.7 Å². The van der Waals surface area contributed by atoms with Gasteiger partial charge in [-0.1, -0.05) is 19.3 Å². The third-order valence-corrected chi connectivity index (χ3v) is 6.57. The van der Waals surface area contributed by atoms with Gasteiger partial charge in [0.2, 0.25) is 11.6 Å². The van der Waals surface area contributed by atoms with E-state index in [0.29, 0.717) is 43.8 Å². The van der Waals surface area contributed by atoms with Crippen LogP contribution in [0.4, 0.5) is 22.8 Å². The second-order valence-electron chi connectivity index (χ2n) is 13.5. The number of unbranched alkanes of at least 4 members (excludes halogenated alkanes) is 4. The first-order chi connectivity index (χ1) is 23.2. The van der Waals surface area contributed by atoms with E-state index in [1.165, 1.54) is 9.13 Å². The second-order valence-corrected chi connectivity index (χ2v) is 13.5. The molecule has 0 saturated carbocycles. The lowest BCUT2D eigenvalue weighted by atomic mass is 10.1. The zero-order valence-corrected chi connectivity index (χ0v) is 29.9. The summed E-state index contributed by atoms with van der Waals surface area (Å²) in [6.07, 6.45) is 0.531. The summed E-state index contributed by atoms with van der Waals surface area (Å²) in [4.78, 5) is 43.4. The first kappa shape index (κ1) is 41.5. The number of alkyl halides is 3. The van der Waals surface area contributed by atoms with Crippen LogP contribution in [-0.2, 0) is 27.4 Å². The number of carbonyl (C=O) groups is 3. The molecule has 0 bridgehead atoms. The number of guanidine groups is 1. The van der Waals surface area contributed by atoms with Gasteiger partial charge in [0.15, 0.2) is 0 Å². The van der Waals surface area contributed by atoms with Crippen molar-refractivity contribution < 1.29 is 41.8 Å². The van der Waals surface area contributed by atoms with Gasteiger partial charge in [-0.2, -0.15) is 18.2 Å². The summed E-state index contributed by atoms with van der Waals surface area (Å²) in [6.45, 7) is 13.2. The monoisotopic (exact) mass is 709 g/mol. The molecule has 0 aliphatic heterocycles. The van der Waals surface area contributed by atoms with Gasteiger partial charge in [0.25, 0.3) is 0 Å². The Kier molecular flexibility index (Phi) is 15.7. The number of halogens is 3. The molecule has 16 heteroatoms. The molecule has 0 fully saturated rings. The highest BCUT2D eigenvalue weighted by atomic mass is 19.4. The lowest BCUT2D eigenvalue weighted by Gasteiger charge is -2.21. The van der Waals surface area contributed by atoms with Crippen LogP contribution < -0.4 is 21.0 Å². The minimum Gasteiger partial charge on any atom is -0.494 e. The van der Waals surface area contributed by atoms with Gasteiger partial charge in [0.05, 0.1) is 6.61 Å². The predicted molar refractivity (Wildman–Crippen MR) is 182 cm³/mol. The Labute approximate surface area is 290 Å². The number of hydrogen-bond donors (Lipinski definition) is 3. The molecule has 0 spiro atoms. The normalized spacial score (nSPS) is 12.8. The van der Waals surface area contributed by atoms with Crippen molar-refractivity contribution in [2.24, 2.45) is 9.98 Å². The predicted octanol–water partition coefficient (Wildman–Crippen LogP) is 6.49. The van der Waals surface area contributed by atoms with Crippen LogP contribution in [0.2, 0.25) is 0 Å². The number of hydrogen-bond acceptors (Lipinski definition) is 7. The average molecular weight is 710 g/mol. The standard InChI is InChI=1S/C34H50F3N7O6/c1-24(38)25-14-16-26(17-15-25)48-23-13-20-44-22-21-43(29(44)40-27(45)34(35,36)37)19-12-10-8-9-11-18-39-28(41-30(46)49-32(2,3)4)42-31(47)50-33(5,6)7/h14-17,21-22,38H,8-13,18-20,23H2,1-7H3,(H2,39,41,42,46,47)/b38-24?,40-29+. The number of aryl methyl sites for hydroxylation is 2. The van der Waals surface area contributed by atoms with Crippen LogP contribution in [0.3, 0.4) is 0 Å². The summed E-state index contributed by atoms with van der Waals surface area (Å²) >= 11 is 0. The molecule has 3 amide bonds. The fraction of sp³-hybridized carbons (Fsp3) is 0.588. The SMILES string of the molecule is CC(=N)c1ccc(OCCCn2ccn(CCCCCCCN/C(=N\C(=O)OC(C)(C)C)NC(=O)OC(C)(C)C)/c2=N\C(=O)C(F)(F)F)cc1. The van der Waals surface area contributed by atoms with Crippen molar-refractivity contribution in [1.29, 1.82) is 5.41 Å². The summed E-state index contributed by atoms with van der Waals surface area (Å²) in [6, 6.07) is 7.04. The third kappa shape index (κ3) is 16.7. The van der Waals surface area contributed by atoms with Crippen LogP contribution in [0.5, 0.6) is 5.75 Å². The fourth-order valence-electron chi connectivity index (χ4n) is 4.35. The Morgan fingerprint density at radius 3 is 1.94 bits per heavy atom. The Balaban J connectivity index is 1.89. The highest BCUT2D eigenvalue weighted by Crippen LogP contribution is 2.16. The molecule has 50 heavy (non-hydrogen) atoms. The summed E-state index contributed by atoms with van der Waals surface area (Å²) in [5.74, 6) is -1.66. The molecular formula is C34H50F3N7O6. The number of amides is 3. The van der Waals surface area contributed by atoms with Gasteiger partial charge in [-0.15, -0.1) is 4.99 Å². The maximum absolute atomic E-state index is 13.1. The molecular weight excluding hydrogens is 659 g/mol. The van der Waals surface area contributed by atoms with Gasteiger partial charge in [0.1, 0.15) is 17.0 Å². The molecule has 0 aliphatic carbocycles. The molecule has 278 valence electrons. The molecule has 0 atom stereocenters. The number of benzene rings is 1. The van der Waals surface area contributed by atoms with Crippen LogP contribution in [0, 0.1) is 5.41 Å². The topological polar surface area (TPSA) is 161 Å². The average Bonchev–Trinajstić information content (AvgIpc) is 3.35. The summed E-state index contributed by atoms with van der Waals surface area (Å²) in [5.41, 5.74) is -0.404. The maximum Gasteiger partial charge on any atom is 0.473 e. The van der Waals surface area contributed by atoms with Crippen LogP contribution in [0.1, 0.15) is 92.6 Å². The number of aromatic nitrogens is 2. The van der Waals surface area contributed by atoms with E-state index >= 15 is 0 Å². The Morgan fingerprint density at radius 2 is 1.38 bits per heavy atom. The Hall–Kier alpha value is -4.63. The quantitative estimate of drug-likeness (QED) is 0.115. The zero-order chi connectivity index (χ0) is 37.5. The van der Waals surface area contributed by atoms with Crippen molar-refractivity contribution in [2.75, 3.05) is 13.2 Å². The number of aliphatic imine (C=N–C) groups is 1. The minimum atomic E-state index is -5.09. The van der Waals surface area contributed by atoms with Gasteiger partial charge in [0, 0.05) is 37.7 Å². The molecule has 1 aromatic carbocycles. The van der Waals surface area contributed by atoms with Crippen molar-refractivity contribution in [3.05, 3.63) is 47.8 Å². The molecule has 0 radical (unpaired) electrons. The number of rotatable bonds is 14. The van der Waals surface area contributed by atoms with E-state index in [4.69, 9.17) is 19.6 Å². The van der Waals surface area contributed by atoms with Crippen molar-refractivity contribution >= 4 is 29.8 Å². The van der Waals surface area contributed by atoms with E-state index in [1.807, 2.05) is 0 Å². The lowest BCUT2D eigenvalue weighted by molar-refractivity contribution is -0.169. The molecule has 0 unspecified atom stereocenters. The van der Waals surface area contributed by atoms with E-state index in [9.17, 15) is 27.6 Å².